The van der Waals surface area contributed by atoms with Crippen LogP contribution in [-0.4, -0.2) is 25.9 Å². The highest BCUT2D eigenvalue weighted by Gasteiger charge is 2.09. The highest BCUT2D eigenvalue weighted by Crippen LogP contribution is 2.14. The van der Waals surface area contributed by atoms with E-state index in [1.807, 2.05) is 49.3 Å². The molecule has 2 aromatic rings. The summed E-state index contributed by atoms with van der Waals surface area (Å²) in [6.45, 7) is 0. The molecule has 126 valence electrons. The topological polar surface area (TPSA) is 61.4 Å². The fourth-order valence-electron chi connectivity index (χ4n) is 2.14. The number of hydrazine groups is 1. The van der Waals surface area contributed by atoms with Crippen LogP contribution in [0, 0.1) is 0 Å². The van der Waals surface area contributed by atoms with E-state index in [-0.39, 0.29) is 11.8 Å². The fraction of sp³-hybridized carbons (Fsp3) is 0.222. The number of carbonyl (C=O) groups is 2. The van der Waals surface area contributed by atoms with Gasteiger partial charge in [0, 0.05) is 36.2 Å². The van der Waals surface area contributed by atoms with Gasteiger partial charge in [0.2, 0.25) is 5.91 Å². The van der Waals surface area contributed by atoms with Gasteiger partial charge in [0.05, 0.1) is 0 Å². The number of benzene rings is 2. The Bertz CT molecular complexity index is 732. The van der Waals surface area contributed by atoms with Crippen molar-refractivity contribution in [3.05, 3.63) is 64.1 Å². The maximum Gasteiger partial charge on any atom is 0.269 e. The molecule has 0 aromatic heterocycles. The van der Waals surface area contributed by atoms with Crippen LogP contribution in [0.1, 0.15) is 22.3 Å². The number of amides is 2. The lowest BCUT2D eigenvalue weighted by atomic mass is 10.1. The zero-order valence-electron chi connectivity index (χ0n) is 13.7. The van der Waals surface area contributed by atoms with Crippen molar-refractivity contribution in [2.24, 2.45) is 0 Å². The maximum atomic E-state index is 12.1. The summed E-state index contributed by atoms with van der Waals surface area (Å²) in [7, 11) is 3.81. The van der Waals surface area contributed by atoms with Crippen LogP contribution < -0.4 is 15.8 Å². The monoisotopic (exact) mass is 389 g/mol. The summed E-state index contributed by atoms with van der Waals surface area (Å²) in [5, 5.41) is 0. The Kier molecular flexibility index (Phi) is 6.37. The molecular weight excluding hydrogens is 370 g/mol. The molecule has 0 fully saturated rings. The number of hydrogen-bond acceptors (Lipinski definition) is 3. The van der Waals surface area contributed by atoms with E-state index in [0.717, 1.165) is 15.7 Å². The second-order valence-corrected chi connectivity index (χ2v) is 6.49. The number of nitrogens with zero attached hydrogens (tertiary/aromatic N) is 1. The molecular formula is C18H20BrN3O2. The molecule has 0 saturated heterocycles. The first kappa shape index (κ1) is 18.0. The van der Waals surface area contributed by atoms with Crippen LogP contribution in [0.15, 0.2) is 53.0 Å². The van der Waals surface area contributed by atoms with Gasteiger partial charge >= 0.3 is 0 Å². The van der Waals surface area contributed by atoms with Crippen LogP contribution >= 0.6 is 15.9 Å². The Morgan fingerprint density at radius 3 is 2.50 bits per heavy atom. The minimum Gasteiger partial charge on any atom is -0.378 e. The highest BCUT2D eigenvalue weighted by molar-refractivity contribution is 9.10. The average molecular weight is 390 g/mol. The molecule has 6 heteroatoms. The second kappa shape index (κ2) is 8.49. The molecule has 24 heavy (non-hydrogen) atoms. The molecule has 0 bridgehead atoms. The lowest BCUT2D eigenvalue weighted by Gasteiger charge is -2.13. The molecule has 0 aliphatic carbocycles. The van der Waals surface area contributed by atoms with Gasteiger partial charge in [0.25, 0.3) is 5.91 Å². The van der Waals surface area contributed by atoms with Crippen LogP contribution in [0.2, 0.25) is 0 Å². The molecule has 5 nitrogen and oxygen atoms in total. The lowest BCUT2D eigenvalue weighted by molar-refractivity contribution is -0.121. The number of hydrogen-bond donors (Lipinski definition) is 2. The third kappa shape index (κ3) is 5.38. The minimum absolute atomic E-state index is 0.230. The van der Waals surface area contributed by atoms with Gasteiger partial charge in [-0.05, 0) is 42.3 Å². The first-order chi connectivity index (χ1) is 11.5. The van der Waals surface area contributed by atoms with Gasteiger partial charge in [-0.2, -0.15) is 0 Å². The van der Waals surface area contributed by atoms with Gasteiger partial charge in [0.15, 0.2) is 0 Å². The first-order valence-corrected chi connectivity index (χ1v) is 8.36. The van der Waals surface area contributed by atoms with E-state index in [1.54, 1.807) is 18.2 Å². The van der Waals surface area contributed by atoms with E-state index in [1.165, 1.54) is 0 Å². The summed E-state index contributed by atoms with van der Waals surface area (Å²) in [5.74, 6) is -0.568. The molecule has 2 N–H and O–H groups in total. The Labute approximate surface area is 150 Å². The second-order valence-electron chi connectivity index (χ2n) is 5.58. The SMILES string of the molecule is CN(C)c1cccc(C(=O)NNC(=O)CCc2cccc(Br)c2)c1. The molecule has 2 rings (SSSR count). The molecule has 2 aromatic carbocycles. The van der Waals surface area contributed by atoms with Gasteiger partial charge in [-0.1, -0.05) is 34.1 Å². The average Bonchev–Trinajstić information content (AvgIpc) is 2.58. The van der Waals surface area contributed by atoms with Crippen molar-refractivity contribution < 1.29 is 9.59 Å². The van der Waals surface area contributed by atoms with Gasteiger partial charge in [-0.25, -0.2) is 0 Å². The van der Waals surface area contributed by atoms with Gasteiger partial charge < -0.3 is 4.90 Å². The Morgan fingerprint density at radius 2 is 1.79 bits per heavy atom. The molecule has 0 heterocycles. The lowest BCUT2D eigenvalue weighted by Crippen LogP contribution is -2.41. The van der Waals surface area contributed by atoms with Crippen LogP contribution in [-0.2, 0) is 11.2 Å². The van der Waals surface area contributed by atoms with Crippen molar-refractivity contribution >= 4 is 33.4 Å². The van der Waals surface area contributed by atoms with Crippen molar-refractivity contribution in [2.45, 2.75) is 12.8 Å². The van der Waals surface area contributed by atoms with Crippen molar-refractivity contribution in [3.63, 3.8) is 0 Å². The number of nitrogens with one attached hydrogen (secondary N) is 2. The van der Waals surface area contributed by atoms with Crippen LogP contribution in [0.3, 0.4) is 0 Å². The van der Waals surface area contributed by atoms with Gasteiger partial charge in [-0.15, -0.1) is 0 Å². The van der Waals surface area contributed by atoms with E-state index < -0.39 is 0 Å². The van der Waals surface area contributed by atoms with E-state index in [9.17, 15) is 9.59 Å². The normalized spacial score (nSPS) is 10.1. The zero-order valence-corrected chi connectivity index (χ0v) is 15.3. The number of halogens is 1. The Morgan fingerprint density at radius 1 is 1.04 bits per heavy atom. The molecule has 0 aliphatic rings. The number of aryl methyl sites for hydroxylation is 1. The van der Waals surface area contributed by atoms with E-state index >= 15 is 0 Å². The number of carbonyl (C=O) groups excluding carboxylic acids is 2. The van der Waals surface area contributed by atoms with E-state index in [2.05, 4.69) is 26.8 Å². The Balaban J connectivity index is 1.83. The molecule has 0 radical (unpaired) electrons. The summed E-state index contributed by atoms with van der Waals surface area (Å²) >= 11 is 3.40. The largest absolute Gasteiger partial charge is 0.378 e. The smallest absolute Gasteiger partial charge is 0.269 e. The summed E-state index contributed by atoms with van der Waals surface area (Å²) in [6, 6.07) is 15.0. The van der Waals surface area contributed by atoms with Gasteiger partial charge in [-0.3, -0.25) is 20.4 Å². The highest BCUT2D eigenvalue weighted by atomic mass is 79.9. The number of rotatable bonds is 5. The number of anilines is 1. The summed E-state index contributed by atoms with van der Waals surface area (Å²) < 4.78 is 0.981. The predicted octanol–water partition coefficient (Wildman–Crippen LogP) is 2.91. The zero-order chi connectivity index (χ0) is 17.5. The fourth-order valence-corrected chi connectivity index (χ4v) is 2.58. The van der Waals surface area contributed by atoms with Crippen molar-refractivity contribution in [2.75, 3.05) is 19.0 Å². The first-order valence-electron chi connectivity index (χ1n) is 7.57. The minimum atomic E-state index is -0.338. The Hall–Kier alpha value is -2.34. The third-order valence-electron chi connectivity index (χ3n) is 3.47. The quantitative estimate of drug-likeness (QED) is 0.772. The van der Waals surface area contributed by atoms with Crippen molar-refractivity contribution in [3.8, 4) is 0 Å². The molecule has 0 unspecified atom stereocenters. The molecule has 0 aliphatic heterocycles. The predicted molar refractivity (Wildman–Crippen MR) is 98.8 cm³/mol. The molecule has 0 spiro atoms. The van der Waals surface area contributed by atoms with Gasteiger partial charge in [0.1, 0.15) is 0 Å². The summed E-state index contributed by atoms with van der Waals surface area (Å²) in [5.41, 5.74) is 7.37. The van der Waals surface area contributed by atoms with Crippen LogP contribution in [0.25, 0.3) is 0 Å². The van der Waals surface area contributed by atoms with E-state index in [4.69, 9.17) is 0 Å². The van der Waals surface area contributed by atoms with Crippen molar-refractivity contribution in [1.82, 2.24) is 10.9 Å². The summed E-state index contributed by atoms with van der Waals surface area (Å²) in [6.07, 6.45) is 0.908. The van der Waals surface area contributed by atoms with Crippen molar-refractivity contribution in [1.29, 1.82) is 0 Å². The molecule has 2 amide bonds. The van der Waals surface area contributed by atoms with E-state index in [0.29, 0.717) is 18.4 Å². The molecule has 0 saturated carbocycles. The third-order valence-corrected chi connectivity index (χ3v) is 3.96. The molecule has 0 atom stereocenters. The standard InChI is InChI=1S/C18H20BrN3O2/c1-22(2)16-8-4-6-14(12-16)18(24)21-20-17(23)10-9-13-5-3-7-15(19)11-13/h3-8,11-12H,9-10H2,1-2H3,(H,20,23)(H,21,24). The maximum absolute atomic E-state index is 12.1. The van der Waals surface area contributed by atoms with Crippen LogP contribution in [0.4, 0.5) is 5.69 Å². The van der Waals surface area contributed by atoms with Crippen LogP contribution in [0.5, 0.6) is 0 Å². The summed E-state index contributed by atoms with van der Waals surface area (Å²) in [4.78, 5) is 25.9.